The van der Waals surface area contributed by atoms with Crippen LogP contribution in [0.1, 0.15) is 26.2 Å². The summed E-state index contributed by atoms with van der Waals surface area (Å²) in [5, 5.41) is 8.78. The van der Waals surface area contributed by atoms with Crippen LogP contribution in [0, 0.1) is 23.7 Å². The van der Waals surface area contributed by atoms with E-state index in [1.165, 1.54) is 12.8 Å². The van der Waals surface area contributed by atoms with Crippen molar-refractivity contribution in [2.75, 3.05) is 13.6 Å². The fraction of sp³-hybridized carbons (Fsp3) is 0.833. The fourth-order valence-electron chi connectivity index (χ4n) is 2.41. The van der Waals surface area contributed by atoms with Crippen molar-refractivity contribution in [1.82, 2.24) is 4.90 Å². The van der Waals surface area contributed by atoms with Crippen molar-refractivity contribution in [3.8, 4) is 0 Å². The van der Waals surface area contributed by atoms with Crippen LogP contribution in [0.5, 0.6) is 0 Å². The quantitative estimate of drug-likeness (QED) is 0.765. The van der Waals surface area contributed by atoms with Crippen LogP contribution in [-0.4, -0.2) is 35.5 Å². The Morgan fingerprint density at radius 2 is 2.06 bits per heavy atom. The van der Waals surface area contributed by atoms with Gasteiger partial charge in [0.2, 0.25) is 5.91 Å². The number of carbonyl (C=O) groups is 2. The molecule has 2 rings (SSSR count). The van der Waals surface area contributed by atoms with Gasteiger partial charge in [0.05, 0.1) is 5.92 Å². The molecular formula is C12H19NO3. The first-order valence-electron chi connectivity index (χ1n) is 5.98. The molecule has 0 bridgehead atoms. The van der Waals surface area contributed by atoms with Gasteiger partial charge in [0, 0.05) is 19.5 Å². The molecule has 2 aliphatic rings. The molecule has 4 heteroatoms. The highest BCUT2D eigenvalue weighted by atomic mass is 16.4. The Morgan fingerprint density at radius 3 is 2.56 bits per heavy atom. The average molecular weight is 225 g/mol. The summed E-state index contributed by atoms with van der Waals surface area (Å²) in [5.74, 6) is 0.416. The Hall–Kier alpha value is -1.06. The van der Waals surface area contributed by atoms with Gasteiger partial charge >= 0.3 is 5.97 Å². The molecular weight excluding hydrogens is 206 g/mol. The van der Waals surface area contributed by atoms with Gasteiger partial charge in [0.25, 0.3) is 0 Å². The van der Waals surface area contributed by atoms with E-state index in [-0.39, 0.29) is 11.8 Å². The zero-order valence-corrected chi connectivity index (χ0v) is 9.85. The van der Waals surface area contributed by atoms with Gasteiger partial charge in [-0.25, -0.2) is 0 Å². The summed E-state index contributed by atoms with van der Waals surface area (Å²) in [6.07, 6.45) is 3.59. The summed E-state index contributed by atoms with van der Waals surface area (Å²) < 4.78 is 0. The predicted molar refractivity (Wildman–Crippen MR) is 58.8 cm³/mol. The highest BCUT2D eigenvalue weighted by Crippen LogP contribution is 2.54. The van der Waals surface area contributed by atoms with Gasteiger partial charge in [0.1, 0.15) is 0 Å². The van der Waals surface area contributed by atoms with Crippen molar-refractivity contribution in [2.45, 2.75) is 26.2 Å². The molecule has 3 atom stereocenters. The molecule has 4 nitrogen and oxygen atoms in total. The summed E-state index contributed by atoms with van der Waals surface area (Å²) >= 11 is 0. The molecule has 90 valence electrons. The summed E-state index contributed by atoms with van der Waals surface area (Å²) in [6, 6.07) is 0. The SMILES string of the molecule is CC(CN(C)C(=O)C1CC1C1CC1)C(=O)O. The molecule has 0 aromatic rings. The Morgan fingerprint density at radius 1 is 1.44 bits per heavy atom. The van der Waals surface area contributed by atoms with Gasteiger partial charge in [-0.3, -0.25) is 9.59 Å². The lowest BCUT2D eigenvalue weighted by atomic mass is 10.1. The van der Waals surface area contributed by atoms with E-state index in [9.17, 15) is 9.59 Å². The minimum absolute atomic E-state index is 0.144. The number of carboxylic acids is 1. The van der Waals surface area contributed by atoms with Crippen molar-refractivity contribution in [1.29, 1.82) is 0 Å². The fourth-order valence-corrected chi connectivity index (χ4v) is 2.41. The van der Waals surface area contributed by atoms with Crippen molar-refractivity contribution >= 4 is 11.9 Å². The zero-order valence-electron chi connectivity index (χ0n) is 9.85. The molecule has 3 unspecified atom stereocenters. The Balaban J connectivity index is 1.78. The van der Waals surface area contributed by atoms with Crippen LogP contribution in [0.15, 0.2) is 0 Å². The third kappa shape index (κ3) is 2.36. The van der Waals surface area contributed by atoms with E-state index < -0.39 is 11.9 Å². The second-order valence-electron chi connectivity index (χ2n) is 5.30. The molecule has 0 heterocycles. The minimum Gasteiger partial charge on any atom is -0.481 e. The lowest BCUT2D eigenvalue weighted by molar-refractivity contribution is -0.142. The lowest BCUT2D eigenvalue weighted by Gasteiger charge is -2.19. The number of carboxylic acid groups (broad SMARTS) is 1. The largest absolute Gasteiger partial charge is 0.481 e. The lowest BCUT2D eigenvalue weighted by Crippen LogP contribution is -2.35. The molecule has 16 heavy (non-hydrogen) atoms. The molecule has 0 aromatic heterocycles. The molecule has 0 saturated heterocycles. The molecule has 1 N–H and O–H groups in total. The highest BCUT2D eigenvalue weighted by molar-refractivity contribution is 5.82. The van der Waals surface area contributed by atoms with Crippen LogP contribution in [0.25, 0.3) is 0 Å². The van der Waals surface area contributed by atoms with E-state index >= 15 is 0 Å². The Labute approximate surface area is 95.6 Å². The van der Waals surface area contributed by atoms with Gasteiger partial charge in [-0.15, -0.1) is 0 Å². The van der Waals surface area contributed by atoms with E-state index in [1.807, 2.05) is 0 Å². The zero-order chi connectivity index (χ0) is 11.9. The van der Waals surface area contributed by atoms with Crippen LogP contribution in [0.2, 0.25) is 0 Å². The average Bonchev–Trinajstić information content (AvgIpc) is 3.05. The first-order chi connectivity index (χ1) is 7.50. The topological polar surface area (TPSA) is 57.6 Å². The number of carbonyl (C=O) groups excluding carboxylic acids is 1. The van der Waals surface area contributed by atoms with Crippen LogP contribution in [0.4, 0.5) is 0 Å². The highest BCUT2D eigenvalue weighted by Gasteiger charge is 2.51. The number of rotatable bonds is 5. The molecule has 2 fully saturated rings. The monoisotopic (exact) mass is 225 g/mol. The van der Waals surface area contributed by atoms with E-state index in [0.717, 1.165) is 12.3 Å². The molecule has 0 spiro atoms. The maximum absolute atomic E-state index is 11.9. The summed E-state index contributed by atoms with van der Waals surface area (Å²) in [5.41, 5.74) is 0. The van der Waals surface area contributed by atoms with Crippen LogP contribution in [0.3, 0.4) is 0 Å². The number of hydrogen-bond acceptors (Lipinski definition) is 2. The number of aliphatic carboxylic acids is 1. The van der Waals surface area contributed by atoms with Crippen molar-refractivity contribution in [2.24, 2.45) is 23.7 Å². The second-order valence-corrected chi connectivity index (χ2v) is 5.30. The molecule has 2 aliphatic carbocycles. The maximum Gasteiger partial charge on any atom is 0.308 e. The van der Waals surface area contributed by atoms with Crippen molar-refractivity contribution < 1.29 is 14.7 Å². The number of amides is 1. The molecule has 1 amide bonds. The van der Waals surface area contributed by atoms with Gasteiger partial charge < -0.3 is 10.0 Å². The van der Waals surface area contributed by atoms with Crippen LogP contribution < -0.4 is 0 Å². The molecule has 0 aromatic carbocycles. The Kier molecular flexibility index (Phi) is 2.91. The Bertz CT molecular complexity index is 311. The van der Waals surface area contributed by atoms with E-state index in [4.69, 9.17) is 5.11 Å². The third-order valence-electron chi connectivity index (χ3n) is 3.73. The van der Waals surface area contributed by atoms with Gasteiger partial charge in [-0.1, -0.05) is 6.92 Å². The summed E-state index contributed by atoms with van der Waals surface area (Å²) in [7, 11) is 1.71. The second kappa shape index (κ2) is 4.07. The first-order valence-corrected chi connectivity index (χ1v) is 5.98. The van der Waals surface area contributed by atoms with Gasteiger partial charge in [-0.05, 0) is 31.1 Å². The summed E-state index contributed by atoms with van der Waals surface area (Å²) in [4.78, 5) is 24.2. The molecule has 0 radical (unpaired) electrons. The summed E-state index contributed by atoms with van der Waals surface area (Å²) in [6.45, 7) is 1.96. The number of hydrogen-bond donors (Lipinski definition) is 1. The minimum atomic E-state index is -0.839. The predicted octanol–water partition coefficient (Wildman–Crippen LogP) is 1.21. The van der Waals surface area contributed by atoms with E-state index in [0.29, 0.717) is 12.5 Å². The van der Waals surface area contributed by atoms with E-state index in [2.05, 4.69) is 0 Å². The van der Waals surface area contributed by atoms with Crippen LogP contribution >= 0.6 is 0 Å². The van der Waals surface area contributed by atoms with Gasteiger partial charge in [0.15, 0.2) is 0 Å². The smallest absolute Gasteiger partial charge is 0.308 e. The standard InChI is InChI=1S/C12H19NO3/c1-7(12(15)16)6-13(2)11(14)10-5-9(10)8-3-4-8/h7-10H,3-6H2,1-2H3,(H,15,16). The number of nitrogens with zero attached hydrogens (tertiary/aromatic N) is 1. The van der Waals surface area contributed by atoms with E-state index in [1.54, 1.807) is 18.9 Å². The molecule has 0 aliphatic heterocycles. The normalized spacial score (nSPS) is 29.6. The third-order valence-corrected chi connectivity index (χ3v) is 3.73. The molecule has 2 saturated carbocycles. The maximum atomic E-state index is 11.9. The van der Waals surface area contributed by atoms with Crippen molar-refractivity contribution in [3.05, 3.63) is 0 Å². The first kappa shape index (κ1) is 11.4. The van der Waals surface area contributed by atoms with Gasteiger partial charge in [-0.2, -0.15) is 0 Å². The van der Waals surface area contributed by atoms with Crippen LogP contribution in [-0.2, 0) is 9.59 Å². The van der Waals surface area contributed by atoms with Crippen molar-refractivity contribution in [3.63, 3.8) is 0 Å².